The van der Waals surface area contributed by atoms with Crippen molar-refractivity contribution in [1.82, 2.24) is 0 Å². The Morgan fingerprint density at radius 3 is 2.40 bits per heavy atom. The number of benzene rings is 2. The van der Waals surface area contributed by atoms with Gasteiger partial charge in [-0.25, -0.2) is 0 Å². The molecule has 0 saturated heterocycles. The van der Waals surface area contributed by atoms with E-state index >= 15 is 0 Å². The van der Waals surface area contributed by atoms with Crippen LogP contribution in [-0.4, -0.2) is 0 Å². The molecule has 0 aromatic heterocycles. The van der Waals surface area contributed by atoms with Crippen molar-refractivity contribution in [3.8, 4) is 0 Å². The second-order valence-corrected chi connectivity index (χ2v) is 6.63. The summed E-state index contributed by atoms with van der Waals surface area (Å²) in [5.74, 6) is 0.624. The molecule has 106 valence electrons. The molecule has 2 aromatic rings. The lowest BCUT2D eigenvalue weighted by Crippen LogP contribution is -2.13. The summed E-state index contributed by atoms with van der Waals surface area (Å²) in [6.07, 6.45) is 1.08. The molecule has 1 unspecified atom stereocenters. The van der Waals surface area contributed by atoms with E-state index in [-0.39, 0.29) is 0 Å². The Bertz CT molecular complexity index is 554. The molecule has 0 heterocycles. The molecule has 20 heavy (non-hydrogen) atoms. The largest absolute Gasteiger partial charge is 0.378 e. The molecule has 0 spiro atoms. The van der Waals surface area contributed by atoms with E-state index < -0.39 is 0 Å². The molecule has 2 rings (SSSR count). The minimum absolute atomic E-state index is 0.299. The fraction of sp³-hybridized carbons (Fsp3) is 0.294. The van der Waals surface area contributed by atoms with Gasteiger partial charge in [0.25, 0.3) is 0 Å². The highest BCUT2D eigenvalue weighted by atomic mass is 79.9. The minimum atomic E-state index is 0.299. The third-order valence-electron chi connectivity index (χ3n) is 3.17. The van der Waals surface area contributed by atoms with E-state index in [4.69, 9.17) is 11.6 Å². The van der Waals surface area contributed by atoms with Gasteiger partial charge in [-0.2, -0.15) is 0 Å². The SMILES string of the molecule is CC(C)CC(Nc1ccc(Br)c(Cl)c1)c1ccccc1. The number of hydrogen-bond donors (Lipinski definition) is 1. The summed E-state index contributed by atoms with van der Waals surface area (Å²) in [4.78, 5) is 0. The van der Waals surface area contributed by atoms with Crippen molar-refractivity contribution in [3.63, 3.8) is 0 Å². The molecule has 3 heteroatoms. The fourth-order valence-electron chi connectivity index (χ4n) is 2.22. The van der Waals surface area contributed by atoms with Crippen LogP contribution in [0.2, 0.25) is 5.02 Å². The molecule has 2 aromatic carbocycles. The predicted octanol–water partition coefficient (Wildman–Crippen LogP) is 6.30. The Labute approximate surface area is 134 Å². The molecule has 1 nitrogen and oxygen atoms in total. The van der Waals surface area contributed by atoms with Gasteiger partial charge < -0.3 is 5.32 Å². The van der Waals surface area contributed by atoms with E-state index in [2.05, 4.69) is 59.4 Å². The van der Waals surface area contributed by atoms with Gasteiger partial charge in [-0.1, -0.05) is 55.8 Å². The Morgan fingerprint density at radius 1 is 1.10 bits per heavy atom. The highest BCUT2D eigenvalue weighted by molar-refractivity contribution is 9.10. The summed E-state index contributed by atoms with van der Waals surface area (Å²) >= 11 is 9.58. The molecule has 1 atom stereocenters. The molecular formula is C17H19BrClN. The lowest BCUT2D eigenvalue weighted by molar-refractivity contribution is 0.531. The summed E-state index contributed by atoms with van der Waals surface area (Å²) in [5.41, 5.74) is 2.35. The average molecular weight is 353 g/mol. The van der Waals surface area contributed by atoms with Gasteiger partial charge in [-0.05, 0) is 52.0 Å². The van der Waals surface area contributed by atoms with E-state index in [0.29, 0.717) is 12.0 Å². The predicted molar refractivity (Wildman–Crippen MR) is 91.4 cm³/mol. The summed E-state index contributed by atoms with van der Waals surface area (Å²) in [5, 5.41) is 4.32. The Kier molecular flexibility index (Phi) is 5.50. The van der Waals surface area contributed by atoms with E-state index in [1.807, 2.05) is 24.3 Å². The Hall–Kier alpha value is -0.990. The lowest BCUT2D eigenvalue weighted by atomic mass is 9.97. The Balaban J connectivity index is 2.21. The van der Waals surface area contributed by atoms with Crippen LogP contribution in [0.4, 0.5) is 5.69 Å². The zero-order valence-electron chi connectivity index (χ0n) is 11.7. The standard InChI is InChI=1S/C17H19BrClN/c1-12(2)10-17(13-6-4-3-5-7-13)20-14-8-9-15(18)16(19)11-14/h3-9,11-12,17,20H,10H2,1-2H3. The maximum atomic E-state index is 6.16. The van der Waals surface area contributed by atoms with Gasteiger partial charge in [-0.3, -0.25) is 0 Å². The summed E-state index contributed by atoms with van der Waals surface area (Å²) < 4.78 is 0.921. The van der Waals surface area contributed by atoms with E-state index in [0.717, 1.165) is 21.6 Å². The first kappa shape index (κ1) is 15.4. The first-order chi connectivity index (χ1) is 9.56. The van der Waals surface area contributed by atoms with Gasteiger partial charge in [0, 0.05) is 10.2 Å². The van der Waals surface area contributed by atoms with Crippen LogP contribution >= 0.6 is 27.5 Å². The molecule has 0 aliphatic rings. The topological polar surface area (TPSA) is 12.0 Å². The van der Waals surface area contributed by atoms with Gasteiger partial charge in [0.2, 0.25) is 0 Å². The van der Waals surface area contributed by atoms with Crippen molar-refractivity contribution in [2.75, 3.05) is 5.32 Å². The lowest BCUT2D eigenvalue weighted by Gasteiger charge is -2.22. The van der Waals surface area contributed by atoms with Crippen LogP contribution < -0.4 is 5.32 Å². The molecule has 0 aliphatic heterocycles. The van der Waals surface area contributed by atoms with E-state index in [1.54, 1.807) is 0 Å². The van der Waals surface area contributed by atoms with E-state index in [9.17, 15) is 0 Å². The molecule has 0 amide bonds. The maximum absolute atomic E-state index is 6.16. The van der Waals surface area contributed by atoms with Gasteiger partial charge in [0.1, 0.15) is 0 Å². The van der Waals surface area contributed by atoms with Crippen LogP contribution in [-0.2, 0) is 0 Å². The van der Waals surface area contributed by atoms with Crippen LogP contribution in [0.1, 0.15) is 31.9 Å². The Morgan fingerprint density at radius 2 is 1.80 bits per heavy atom. The van der Waals surface area contributed by atoms with Gasteiger partial charge in [0.15, 0.2) is 0 Å². The molecule has 0 radical (unpaired) electrons. The highest BCUT2D eigenvalue weighted by Gasteiger charge is 2.13. The third-order valence-corrected chi connectivity index (χ3v) is 4.40. The quantitative estimate of drug-likeness (QED) is 0.665. The van der Waals surface area contributed by atoms with Crippen molar-refractivity contribution >= 4 is 33.2 Å². The van der Waals surface area contributed by atoms with Crippen LogP contribution in [0.25, 0.3) is 0 Å². The maximum Gasteiger partial charge on any atom is 0.0568 e. The number of anilines is 1. The summed E-state index contributed by atoms with van der Waals surface area (Å²) in [6, 6.07) is 16.8. The van der Waals surface area contributed by atoms with Gasteiger partial charge in [-0.15, -0.1) is 0 Å². The van der Waals surface area contributed by atoms with E-state index in [1.165, 1.54) is 5.56 Å². The monoisotopic (exact) mass is 351 g/mol. The first-order valence-corrected chi connectivity index (χ1v) is 8.00. The van der Waals surface area contributed by atoms with Crippen molar-refractivity contribution < 1.29 is 0 Å². The third kappa shape index (κ3) is 4.26. The molecule has 0 fully saturated rings. The normalized spacial score (nSPS) is 12.4. The second kappa shape index (κ2) is 7.14. The van der Waals surface area contributed by atoms with Crippen LogP contribution in [0.3, 0.4) is 0 Å². The number of halogens is 2. The van der Waals surface area contributed by atoms with Gasteiger partial charge >= 0.3 is 0 Å². The van der Waals surface area contributed by atoms with Crippen molar-refractivity contribution in [2.24, 2.45) is 5.92 Å². The number of hydrogen-bond acceptors (Lipinski definition) is 1. The molecule has 0 aliphatic carbocycles. The number of rotatable bonds is 5. The minimum Gasteiger partial charge on any atom is -0.378 e. The number of nitrogens with one attached hydrogen (secondary N) is 1. The molecule has 0 saturated carbocycles. The summed E-state index contributed by atoms with van der Waals surface area (Å²) in [7, 11) is 0. The smallest absolute Gasteiger partial charge is 0.0568 e. The van der Waals surface area contributed by atoms with Crippen LogP contribution in [0, 0.1) is 5.92 Å². The van der Waals surface area contributed by atoms with Crippen molar-refractivity contribution in [1.29, 1.82) is 0 Å². The fourth-order valence-corrected chi connectivity index (χ4v) is 2.65. The molecule has 0 bridgehead atoms. The average Bonchev–Trinajstić information content (AvgIpc) is 2.43. The zero-order valence-corrected chi connectivity index (χ0v) is 14.1. The molecule has 1 N–H and O–H groups in total. The van der Waals surface area contributed by atoms with Crippen molar-refractivity contribution in [2.45, 2.75) is 26.3 Å². The zero-order chi connectivity index (χ0) is 14.5. The van der Waals surface area contributed by atoms with Crippen LogP contribution in [0.15, 0.2) is 53.0 Å². The van der Waals surface area contributed by atoms with Crippen molar-refractivity contribution in [3.05, 3.63) is 63.6 Å². The second-order valence-electron chi connectivity index (χ2n) is 5.37. The van der Waals surface area contributed by atoms with Crippen LogP contribution in [0.5, 0.6) is 0 Å². The van der Waals surface area contributed by atoms with Gasteiger partial charge in [0.05, 0.1) is 11.1 Å². The highest BCUT2D eigenvalue weighted by Crippen LogP contribution is 2.30. The molecular weight excluding hydrogens is 334 g/mol. The first-order valence-electron chi connectivity index (χ1n) is 6.83. The summed E-state index contributed by atoms with van der Waals surface area (Å²) in [6.45, 7) is 4.48.